The van der Waals surface area contributed by atoms with Crippen LogP contribution in [-0.2, 0) is 9.59 Å². The van der Waals surface area contributed by atoms with Crippen LogP contribution < -0.4 is 15.6 Å². The standard InChI is InChI=1S/C21H24N4O2/c1-16-5-9-18(10-6-16)23-20(26)21(27)24-22-15-17-7-11-19(12-8-17)25-13-3-2-4-14-25/h5-12,15H,2-4,13-14H2,1H3,(H,23,26)(H,24,27)/b22-15-. The van der Waals surface area contributed by atoms with Gasteiger partial charge in [-0.25, -0.2) is 5.43 Å². The Bertz CT molecular complexity index is 807. The monoisotopic (exact) mass is 364 g/mol. The molecule has 1 fully saturated rings. The van der Waals surface area contributed by atoms with Crippen molar-refractivity contribution in [1.29, 1.82) is 0 Å². The highest BCUT2D eigenvalue weighted by molar-refractivity contribution is 6.39. The van der Waals surface area contributed by atoms with E-state index in [1.165, 1.54) is 31.2 Å². The summed E-state index contributed by atoms with van der Waals surface area (Å²) in [4.78, 5) is 26.1. The van der Waals surface area contributed by atoms with Crippen LogP contribution in [0.2, 0.25) is 0 Å². The molecule has 2 aromatic carbocycles. The van der Waals surface area contributed by atoms with Crippen LogP contribution in [0.15, 0.2) is 53.6 Å². The Labute approximate surface area is 159 Å². The Balaban J connectivity index is 1.49. The fraction of sp³-hybridized carbons (Fsp3) is 0.286. The van der Waals surface area contributed by atoms with E-state index in [0.717, 1.165) is 24.2 Å². The number of amides is 2. The van der Waals surface area contributed by atoms with Crippen LogP contribution >= 0.6 is 0 Å². The maximum absolute atomic E-state index is 11.9. The van der Waals surface area contributed by atoms with E-state index in [2.05, 4.69) is 32.9 Å². The van der Waals surface area contributed by atoms with Gasteiger partial charge in [0, 0.05) is 24.5 Å². The van der Waals surface area contributed by atoms with Gasteiger partial charge in [0.25, 0.3) is 0 Å². The van der Waals surface area contributed by atoms with Crippen LogP contribution in [0.1, 0.15) is 30.4 Å². The number of hydrogen-bond acceptors (Lipinski definition) is 4. The molecule has 2 amide bonds. The summed E-state index contributed by atoms with van der Waals surface area (Å²) in [7, 11) is 0. The molecule has 1 heterocycles. The molecule has 2 aromatic rings. The molecule has 27 heavy (non-hydrogen) atoms. The number of hydrazone groups is 1. The number of hydrogen-bond donors (Lipinski definition) is 2. The number of carbonyl (C=O) groups is 2. The van der Waals surface area contributed by atoms with Gasteiger partial charge in [0.05, 0.1) is 6.21 Å². The predicted molar refractivity (Wildman–Crippen MR) is 108 cm³/mol. The molecule has 0 bridgehead atoms. The van der Waals surface area contributed by atoms with Gasteiger partial charge in [-0.1, -0.05) is 29.8 Å². The number of carbonyl (C=O) groups excluding carboxylic acids is 2. The molecule has 140 valence electrons. The first-order chi connectivity index (χ1) is 13.1. The second-order valence-corrected chi connectivity index (χ2v) is 6.66. The lowest BCUT2D eigenvalue weighted by Gasteiger charge is -2.28. The number of benzene rings is 2. The topological polar surface area (TPSA) is 73.8 Å². The van der Waals surface area contributed by atoms with Crippen molar-refractivity contribution >= 4 is 29.4 Å². The average Bonchev–Trinajstić information content (AvgIpc) is 2.71. The normalized spacial score (nSPS) is 14.2. The zero-order valence-electron chi connectivity index (χ0n) is 15.4. The number of piperidine rings is 1. The average molecular weight is 364 g/mol. The second-order valence-electron chi connectivity index (χ2n) is 6.66. The van der Waals surface area contributed by atoms with Crippen LogP contribution in [0.4, 0.5) is 11.4 Å². The van der Waals surface area contributed by atoms with Gasteiger partial charge in [0.2, 0.25) is 0 Å². The number of anilines is 2. The summed E-state index contributed by atoms with van der Waals surface area (Å²) in [5.41, 5.74) is 5.95. The smallest absolute Gasteiger partial charge is 0.329 e. The molecule has 6 heteroatoms. The van der Waals surface area contributed by atoms with Crippen molar-refractivity contribution < 1.29 is 9.59 Å². The Hall–Kier alpha value is -3.15. The molecular weight excluding hydrogens is 340 g/mol. The molecule has 1 aliphatic heterocycles. The Kier molecular flexibility index (Phi) is 6.20. The van der Waals surface area contributed by atoms with Gasteiger partial charge in [-0.2, -0.15) is 5.10 Å². The first-order valence-electron chi connectivity index (χ1n) is 9.18. The fourth-order valence-corrected chi connectivity index (χ4v) is 2.96. The molecule has 0 aliphatic carbocycles. The van der Waals surface area contributed by atoms with E-state index in [1.54, 1.807) is 12.1 Å². The summed E-state index contributed by atoms with van der Waals surface area (Å²) in [5, 5.41) is 6.39. The quantitative estimate of drug-likeness (QED) is 0.497. The minimum atomic E-state index is -0.809. The zero-order valence-corrected chi connectivity index (χ0v) is 15.4. The lowest BCUT2D eigenvalue weighted by molar-refractivity contribution is -0.136. The fourth-order valence-electron chi connectivity index (χ4n) is 2.96. The summed E-state index contributed by atoms with van der Waals surface area (Å²) < 4.78 is 0. The third-order valence-corrected chi connectivity index (χ3v) is 4.51. The lowest BCUT2D eigenvalue weighted by Crippen LogP contribution is -2.32. The van der Waals surface area contributed by atoms with Crippen LogP contribution in [0.3, 0.4) is 0 Å². The van der Waals surface area contributed by atoms with Crippen molar-refractivity contribution in [3.8, 4) is 0 Å². The van der Waals surface area contributed by atoms with Crippen LogP contribution in [-0.4, -0.2) is 31.1 Å². The molecule has 0 spiro atoms. The Morgan fingerprint density at radius 1 is 0.926 bits per heavy atom. The Morgan fingerprint density at radius 3 is 2.26 bits per heavy atom. The van der Waals surface area contributed by atoms with Gasteiger partial charge in [-0.3, -0.25) is 9.59 Å². The van der Waals surface area contributed by atoms with E-state index < -0.39 is 11.8 Å². The summed E-state index contributed by atoms with van der Waals surface area (Å²) in [6.07, 6.45) is 5.30. The molecule has 3 rings (SSSR count). The van der Waals surface area contributed by atoms with E-state index >= 15 is 0 Å². The Morgan fingerprint density at radius 2 is 1.59 bits per heavy atom. The summed E-state index contributed by atoms with van der Waals surface area (Å²) in [5.74, 6) is -1.56. The molecule has 6 nitrogen and oxygen atoms in total. The van der Waals surface area contributed by atoms with E-state index in [9.17, 15) is 9.59 Å². The number of nitrogens with one attached hydrogen (secondary N) is 2. The van der Waals surface area contributed by atoms with Gasteiger partial charge in [0.1, 0.15) is 0 Å². The summed E-state index contributed by atoms with van der Waals surface area (Å²) in [6, 6.07) is 15.2. The zero-order chi connectivity index (χ0) is 19.1. The number of nitrogens with zero attached hydrogens (tertiary/aromatic N) is 2. The molecule has 0 saturated carbocycles. The van der Waals surface area contributed by atoms with Crippen molar-refractivity contribution in [1.82, 2.24) is 5.43 Å². The van der Waals surface area contributed by atoms with Gasteiger partial charge in [-0.05, 0) is 56.0 Å². The maximum atomic E-state index is 11.9. The largest absolute Gasteiger partial charge is 0.372 e. The van der Waals surface area contributed by atoms with Gasteiger partial charge < -0.3 is 10.2 Å². The van der Waals surface area contributed by atoms with E-state index in [-0.39, 0.29) is 0 Å². The van der Waals surface area contributed by atoms with Crippen molar-refractivity contribution in [3.63, 3.8) is 0 Å². The van der Waals surface area contributed by atoms with Crippen molar-refractivity contribution in [2.24, 2.45) is 5.10 Å². The third-order valence-electron chi connectivity index (χ3n) is 4.51. The van der Waals surface area contributed by atoms with Gasteiger partial charge in [0.15, 0.2) is 0 Å². The highest BCUT2D eigenvalue weighted by Crippen LogP contribution is 2.19. The van der Waals surface area contributed by atoms with Gasteiger partial charge in [-0.15, -0.1) is 0 Å². The SMILES string of the molecule is Cc1ccc(NC(=O)C(=O)N/N=C\c2ccc(N3CCCCC3)cc2)cc1. The minimum Gasteiger partial charge on any atom is -0.372 e. The number of aryl methyl sites for hydroxylation is 1. The van der Waals surface area contributed by atoms with Gasteiger partial charge >= 0.3 is 11.8 Å². The van der Waals surface area contributed by atoms with E-state index in [1.807, 2.05) is 31.2 Å². The summed E-state index contributed by atoms with van der Waals surface area (Å²) in [6.45, 7) is 4.14. The molecule has 2 N–H and O–H groups in total. The highest BCUT2D eigenvalue weighted by Gasteiger charge is 2.13. The first kappa shape index (κ1) is 18.6. The van der Waals surface area contributed by atoms with Crippen LogP contribution in [0.25, 0.3) is 0 Å². The molecule has 0 unspecified atom stereocenters. The molecule has 0 aromatic heterocycles. The van der Waals surface area contributed by atoms with Crippen molar-refractivity contribution in [3.05, 3.63) is 59.7 Å². The highest BCUT2D eigenvalue weighted by atomic mass is 16.2. The minimum absolute atomic E-state index is 0.568. The van der Waals surface area contributed by atoms with E-state index in [4.69, 9.17) is 0 Å². The predicted octanol–water partition coefficient (Wildman–Crippen LogP) is 3.07. The van der Waals surface area contributed by atoms with Crippen molar-refractivity contribution in [2.75, 3.05) is 23.3 Å². The molecule has 0 atom stereocenters. The molecule has 1 saturated heterocycles. The van der Waals surface area contributed by atoms with Crippen LogP contribution in [0.5, 0.6) is 0 Å². The number of rotatable bonds is 4. The first-order valence-corrected chi connectivity index (χ1v) is 9.18. The third kappa shape index (κ3) is 5.41. The molecule has 1 aliphatic rings. The lowest BCUT2D eigenvalue weighted by atomic mass is 10.1. The summed E-state index contributed by atoms with van der Waals surface area (Å²) >= 11 is 0. The van der Waals surface area contributed by atoms with Crippen LogP contribution in [0, 0.1) is 6.92 Å². The van der Waals surface area contributed by atoms with E-state index in [0.29, 0.717) is 5.69 Å². The maximum Gasteiger partial charge on any atom is 0.329 e. The van der Waals surface area contributed by atoms with Crippen molar-refractivity contribution in [2.45, 2.75) is 26.2 Å². The molecule has 0 radical (unpaired) electrons. The second kappa shape index (κ2) is 8.98. The molecular formula is C21H24N4O2.